The first kappa shape index (κ1) is 22.6. The third-order valence-corrected chi connectivity index (χ3v) is 6.80. The van der Waals surface area contributed by atoms with Gasteiger partial charge in [-0.05, 0) is 30.5 Å². The highest BCUT2D eigenvalue weighted by molar-refractivity contribution is 5.91. The van der Waals surface area contributed by atoms with Gasteiger partial charge in [0.05, 0.1) is 19.0 Å². The zero-order valence-electron chi connectivity index (χ0n) is 18.2. The lowest BCUT2D eigenvalue weighted by molar-refractivity contribution is -0.149. The van der Waals surface area contributed by atoms with Gasteiger partial charge in [-0.25, -0.2) is 8.78 Å². The van der Waals surface area contributed by atoms with E-state index in [-0.39, 0.29) is 43.3 Å². The summed E-state index contributed by atoms with van der Waals surface area (Å²) < 4.78 is 26.8. The van der Waals surface area contributed by atoms with Crippen LogP contribution in [0.4, 0.5) is 8.78 Å². The summed E-state index contributed by atoms with van der Waals surface area (Å²) in [6.45, 7) is 2.20. The third-order valence-electron chi connectivity index (χ3n) is 6.80. The van der Waals surface area contributed by atoms with Crippen LogP contribution in [0, 0.1) is 11.6 Å². The van der Waals surface area contributed by atoms with Gasteiger partial charge in [-0.1, -0.05) is 25.3 Å². The van der Waals surface area contributed by atoms with Crippen molar-refractivity contribution in [1.29, 1.82) is 0 Å². The van der Waals surface area contributed by atoms with E-state index in [1.807, 2.05) is 9.80 Å². The molecule has 4 rings (SSSR count). The third kappa shape index (κ3) is 5.09. The van der Waals surface area contributed by atoms with Crippen molar-refractivity contribution in [3.05, 3.63) is 35.4 Å². The number of carbonyl (C=O) groups is 3. The highest BCUT2D eigenvalue weighted by Crippen LogP contribution is 2.24. The summed E-state index contributed by atoms with van der Waals surface area (Å²) in [5, 5.41) is 2.77. The van der Waals surface area contributed by atoms with Crippen molar-refractivity contribution in [3.8, 4) is 0 Å². The van der Waals surface area contributed by atoms with Crippen LogP contribution in [-0.4, -0.2) is 77.2 Å². The van der Waals surface area contributed by atoms with Crippen molar-refractivity contribution in [3.63, 3.8) is 0 Å². The Hall–Kier alpha value is -2.55. The predicted octanol–water partition coefficient (Wildman–Crippen LogP) is 1.66. The van der Waals surface area contributed by atoms with E-state index in [0.29, 0.717) is 31.7 Å². The molecule has 9 heteroatoms. The Morgan fingerprint density at radius 1 is 1.03 bits per heavy atom. The lowest BCUT2D eigenvalue weighted by Crippen LogP contribution is -2.59. The van der Waals surface area contributed by atoms with Gasteiger partial charge in [0.2, 0.25) is 17.7 Å². The van der Waals surface area contributed by atoms with Crippen LogP contribution in [-0.2, 0) is 20.9 Å². The summed E-state index contributed by atoms with van der Waals surface area (Å²) in [7, 11) is 0. The first-order valence-electron chi connectivity index (χ1n) is 11.5. The molecule has 1 saturated carbocycles. The molecule has 174 valence electrons. The van der Waals surface area contributed by atoms with Gasteiger partial charge in [-0.2, -0.15) is 0 Å². The molecule has 7 nitrogen and oxygen atoms in total. The molecule has 0 radical (unpaired) electrons. The van der Waals surface area contributed by atoms with Crippen LogP contribution in [0.1, 0.15) is 44.1 Å². The van der Waals surface area contributed by atoms with E-state index in [9.17, 15) is 23.2 Å². The molecule has 3 amide bonds. The molecule has 2 saturated heterocycles. The lowest BCUT2D eigenvalue weighted by atomic mass is 9.93. The molecule has 1 aromatic rings. The highest BCUT2D eigenvalue weighted by atomic mass is 19.2. The van der Waals surface area contributed by atoms with Gasteiger partial charge in [0.15, 0.2) is 11.6 Å². The van der Waals surface area contributed by atoms with Gasteiger partial charge < -0.3 is 15.1 Å². The monoisotopic (exact) mass is 448 g/mol. The fraction of sp³-hybridized carbons (Fsp3) is 0.609. The average molecular weight is 449 g/mol. The second-order valence-corrected chi connectivity index (χ2v) is 8.92. The molecule has 0 bridgehead atoms. The van der Waals surface area contributed by atoms with Crippen molar-refractivity contribution >= 4 is 17.7 Å². The molecule has 3 fully saturated rings. The van der Waals surface area contributed by atoms with Crippen LogP contribution in [0.15, 0.2) is 18.2 Å². The predicted molar refractivity (Wildman–Crippen MR) is 113 cm³/mol. The molecule has 1 aromatic carbocycles. The smallest absolute Gasteiger partial charge is 0.242 e. The molecule has 0 aromatic heterocycles. The minimum atomic E-state index is -0.939. The summed E-state index contributed by atoms with van der Waals surface area (Å²) in [4.78, 5) is 43.5. The van der Waals surface area contributed by atoms with Crippen molar-refractivity contribution in [2.75, 3.05) is 32.7 Å². The van der Waals surface area contributed by atoms with Gasteiger partial charge in [-0.15, -0.1) is 0 Å². The van der Waals surface area contributed by atoms with Gasteiger partial charge in [0.25, 0.3) is 0 Å². The number of hydrogen-bond donors (Lipinski definition) is 1. The average Bonchev–Trinajstić information content (AvgIpc) is 2.79. The highest BCUT2D eigenvalue weighted by Gasteiger charge is 2.36. The van der Waals surface area contributed by atoms with Crippen molar-refractivity contribution < 1.29 is 23.2 Å². The maximum Gasteiger partial charge on any atom is 0.242 e. The Bertz CT molecular complexity index is 875. The Morgan fingerprint density at radius 3 is 2.53 bits per heavy atom. The molecule has 0 spiro atoms. The maximum atomic E-state index is 13.6. The molecule has 2 aliphatic heterocycles. The van der Waals surface area contributed by atoms with E-state index < -0.39 is 17.7 Å². The van der Waals surface area contributed by atoms with E-state index in [0.717, 1.165) is 37.8 Å². The summed E-state index contributed by atoms with van der Waals surface area (Å²) >= 11 is 0. The number of amides is 3. The minimum absolute atomic E-state index is 0.0248. The largest absolute Gasteiger partial charge is 0.353 e. The molecular formula is C23H30F2N4O3. The SMILES string of the molecule is O=C1NCCN(Cc2ccc(F)c(F)c2)C1CC(=O)N1CCN(C2CCCCC2)C(=O)C1. The van der Waals surface area contributed by atoms with E-state index in [4.69, 9.17) is 0 Å². The van der Waals surface area contributed by atoms with E-state index in [2.05, 4.69) is 5.32 Å². The standard InChI is InChI=1S/C23H30F2N4O3/c24-18-7-6-16(12-19(18)25)14-27-9-8-26-23(32)20(27)13-21(30)28-10-11-29(22(31)15-28)17-4-2-1-3-5-17/h6-7,12,17,20H,1-5,8-11,13-15H2,(H,26,32). The van der Waals surface area contributed by atoms with Crippen LogP contribution in [0.5, 0.6) is 0 Å². The van der Waals surface area contributed by atoms with Gasteiger partial charge in [0.1, 0.15) is 0 Å². The normalized spacial score (nSPS) is 23.4. The number of carbonyl (C=O) groups excluding carboxylic acids is 3. The van der Waals surface area contributed by atoms with E-state index >= 15 is 0 Å². The maximum absolute atomic E-state index is 13.6. The number of halogens is 2. The molecule has 32 heavy (non-hydrogen) atoms. The minimum Gasteiger partial charge on any atom is -0.353 e. The summed E-state index contributed by atoms with van der Waals surface area (Å²) in [5.41, 5.74) is 0.535. The summed E-state index contributed by atoms with van der Waals surface area (Å²) in [6.07, 6.45) is 5.50. The summed E-state index contributed by atoms with van der Waals surface area (Å²) in [6, 6.07) is 3.23. The molecule has 2 heterocycles. The van der Waals surface area contributed by atoms with Gasteiger partial charge >= 0.3 is 0 Å². The zero-order chi connectivity index (χ0) is 22.7. The number of rotatable bonds is 5. The zero-order valence-corrected chi connectivity index (χ0v) is 18.2. The first-order valence-corrected chi connectivity index (χ1v) is 11.5. The molecule has 3 aliphatic rings. The molecule has 1 atom stereocenters. The first-order chi connectivity index (χ1) is 15.4. The van der Waals surface area contributed by atoms with Crippen LogP contribution < -0.4 is 5.32 Å². The Kier molecular flexibility index (Phi) is 7.03. The number of nitrogens with one attached hydrogen (secondary N) is 1. The van der Waals surface area contributed by atoms with Gasteiger partial charge in [-0.3, -0.25) is 19.3 Å². The van der Waals surface area contributed by atoms with Gasteiger partial charge in [0, 0.05) is 38.8 Å². The van der Waals surface area contributed by atoms with Crippen molar-refractivity contribution in [1.82, 2.24) is 20.0 Å². The Balaban J connectivity index is 1.37. The number of nitrogens with zero attached hydrogens (tertiary/aromatic N) is 3. The number of benzene rings is 1. The number of hydrogen-bond acceptors (Lipinski definition) is 4. The van der Waals surface area contributed by atoms with Crippen LogP contribution in [0.3, 0.4) is 0 Å². The Morgan fingerprint density at radius 2 is 1.81 bits per heavy atom. The number of piperazine rings is 2. The second kappa shape index (κ2) is 9.94. The fourth-order valence-corrected chi connectivity index (χ4v) is 5.02. The van der Waals surface area contributed by atoms with E-state index in [1.165, 1.54) is 12.5 Å². The molecule has 1 aliphatic carbocycles. The Labute approximate surface area is 186 Å². The quantitative estimate of drug-likeness (QED) is 0.744. The molecule has 1 unspecified atom stereocenters. The van der Waals surface area contributed by atoms with Crippen LogP contribution >= 0.6 is 0 Å². The van der Waals surface area contributed by atoms with Crippen molar-refractivity contribution in [2.45, 2.75) is 57.2 Å². The van der Waals surface area contributed by atoms with Crippen LogP contribution in [0.2, 0.25) is 0 Å². The van der Waals surface area contributed by atoms with Crippen molar-refractivity contribution in [2.24, 2.45) is 0 Å². The topological polar surface area (TPSA) is 73.0 Å². The molecular weight excluding hydrogens is 418 g/mol. The summed E-state index contributed by atoms with van der Waals surface area (Å²) in [5.74, 6) is -2.39. The molecule has 1 N–H and O–H groups in total. The van der Waals surface area contributed by atoms with Crippen LogP contribution in [0.25, 0.3) is 0 Å². The van der Waals surface area contributed by atoms with E-state index in [1.54, 1.807) is 4.90 Å². The lowest BCUT2D eigenvalue weighted by Gasteiger charge is -2.41. The fourth-order valence-electron chi connectivity index (χ4n) is 5.02. The second-order valence-electron chi connectivity index (χ2n) is 8.92.